The van der Waals surface area contributed by atoms with E-state index in [2.05, 4.69) is 6.92 Å². The molecule has 1 aromatic rings. The fraction of sp³-hybridized carbons (Fsp3) is 0.500. The van der Waals surface area contributed by atoms with Crippen LogP contribution in [0.5, 0.6) is 0 Å². The normalized spacial score (nSPS) is 20.8. The van der Waals surface area contributed by atoms with Gasteiger partial charge in [0.2, 0.25) is 5.91 Å². The molecule has 1 aromatic carbocycles. The van der Waals surface area contributed by atoms with Crippen molar-refractivity contribution in [3.63, 3.8) is 0 Å². The van der Waals surface area contributed by atoms with E-state index in [0.717, 1.165) is 25.1 Å². The molecule has 86 valence electrons. The topological polar surface area (TPSA) is 20.3 Å². The summed E-state index contributed by atoms with van der Waals surface area (Å²) >= 11 is 0. The summed E-state index contributed by atoms with van der Waals surface area (Å²) in [5, 5.41) is 0. The van der Waals surface area contributed by atoms with Crippen LogP contribution < -0.4 is 0 Å². The van der Waals surface area contributed by atoms with Crippen molar-refractivity contribution in [2.45, 2.75) is 26.2 Å². The van der Waals surface area contributed by atoms with Crippen LogP contribution in [0.2, 0.25) is 0 Å². The predicted molar refractivity (Wildman–Crippen MR) is 65.1 cm³/mol. The Bertz CT molecular complexity index is 347. The molecule has 1 heterocycles. The molecule has 0 aromatic heterocycles. The molecule has 2 nitrogen and oxygen atoms in total. The Labute approximate surface area is 97.3 Å². The van der Waals surface area contributed by atoms with Crippen molar-refractivity contribution in [3.8, 4) is 0 Å². The minimum atomic E-state index is 0.276. The smallest absolute Gasteiger partial charge is 0.226 e. The molecule has 0 bridgehead atoms. The first kappa shape index (κ1) is 11.2. The van der Waals surface area contributed by atoms with Gasteiger partial charge in [0.15, 0.2) is 0 Å². The number of carbonyl (C=O) groups is 1. The zero-order chi connectivity index (χ0) is 11.4. The first-order valence-corrected chi connectivity index (χ1v) is 6.07. The summed E-state index contributed by atoms with van der Waals surface area (Å²) in [5.41, 5.74) is 1.12. The minimum absolute atomic E-state index is 0.276. The summed E-state index contributed by atoms with van der Waals surface area (Å²) in [7, 11) is 0. The Morgan fingerprint density at radius 2 is 2.12 bits per heavy atom. The molecule has 1 amide bonds. The molecule has 0 aliphatic carbocycles. The Kier molecular flexibility index (Phi) is 3.60. The van der Waals surface area contributed by atoms with Crippen molar-refractivity contribution < 1.29 is 4.79 Å². The van der Waals surface area contributed by atoms with Crippen LogP contribution in [0, 0.1) is 5.92 Å². The van der Waals surface area contributed by atoms with E-state index in [4.69, 9.17) is 0 Å². The predicted octanol–water partition coefficient (Wildman–Crippen LogP) is 2.49. The Morgan fingerprint density at radius 1 is 1.38 bits per heavy atom. The number of amides is 1. The zero-order valence-corrected chi connectivity index (χ0v) is 9.86. The molecule has 1 saturated heterocycles. The number of benzene rings is 1. The molecule has 0 saturated carbocycles. The molecule has 16 heavy (non-hydrogen) atoms. The van der Waals surface area contributed by atoms with Crippen LogP contribution in [0.3, 0.4) is 0 Å². The molecule has 1 aliphatic heterocycles. The van der Waals surface area contributed by atoms with Crippen LogP contribution in [0.4, 0.5) is 0 Å². The number of rotatable bonds is 2. The van der Waals surface area contributed by atoms with Gasteiger partial charge in [-0.2, -0.15) is 0 Å². The van der Waals surface area contributed by atoms with Crippen LogP contribution in [0.25, 0.3) is 0 Å². The maximum absolute atomic E-state index is 12.0. The van der Waals surface area contributed by atoms with Crippen molar-refractivity contribution in [1.82, 2.24) is 4.90 Å². The lowest BCUT2D eigenvalue weighted by molar-refractivity contribution is -0.132. The lowest BCUT2D eigenvalue weighted by Gasteiger charge is -2.31. The van der Waals surface area contributed by atoms with Gasteiger partial charge in [0, 0.05) is 13.1 Å². The van der Waals surface area contributed by atoms with Crippen LogP contribution >= 0.6 is 0 Å². The van der Waals surface area contributed by atoms with E-state index in [9.17, 15) is 4.79 Å². The van der Waals surface area contributed by atoms with E-state index < -0.39 is 0 Å². The molecule has 1 fully saturated rings. The second-order valence-corrected chi connectivity index (χ2v) is 4.75. The summed E-state index contributed by atoms with van der Waals surface area (Å²) < 4.78 is 0. The molecule has 0 unspecified atom stereocenters. The van der Waals surface area contributed by atoms with Gasteiger partial charge in [-0.15, -0.1) is 0 Å². The van der Waals surface area contributed by atoms with E-state index >= 15 is 0 Å². The maximum Gasteiger partial charge on any atom is 0.226 e. The molecule has 2 rings (SSSR count). The summed E-state index contributed by atoms with van der Waals surface area (Å²) in [6.07, 6.45) is 2.96. The molecular weight excluding hydrogens is 198 g/mol. The van der Waals surface area contributed by atoms with Crippen molar-refractivity contribution in [2.24, 2.45) is 5.92 Å². The van der Waals surface area contributed by atoms with E-state index in [-0.39, 0.29) is 5.91 Å². The molecule has 1 aliphatic rings. The lowest BCUT2D eigenvalue weighted by Crippen LogP contribution is -2.39. The van der Waals surface area contributed by atoms with Gasteiger partial charge in [-0.1, -0.05) is 37.3 Å². The van der Waals surface area contributed by atoms with Crippen LogP contribution in [-0.4, -0.2) is 23.9 Å². The van der Waals surface area contributed by atoms with E-state index in [1.54, 1.807) is 0 Å². The first-order valence-electron chi connectivity index (χ1n) is 6.07. The Hall–Kier alpha value is -1.31. The SMILES string of the molecule is C[C@@H]1CCCN(C(=O)Cc2ccccc2)C1. The average molecular weight is 217 g/mol. The Balaban J connectivity index is 1.93. The summed E-state index contributed by atoms with van der Waals surface area (Å²) in [4.78, 5) is 14.1. The standard InChI is InChI=1S/C14H19NO/c1-12-6-5-9-15(11-12)14(16)10-13-7-3-2-4-8-13/h2-4,7-8,12H,5-6,9-11H2,1H3/t12-/m1/s1. The van der Waals surface area contributed by atoms with Crippen LogP contribution in [-0.2, 0) is 11.2 Å². The number of carbonyl (C=O) groups excluding carboxylic acids is 1. The summed E-state index contributed by atoms with van der Waals surface area (Å²) in [6.45, 7) is 4.10. The molecule has 0 radical (unpaired) electrons. The lowest BCUT2D eigenvalue weighted by atomic mass is 9.99. The third-order valence-corrected chi connectivity index (χ3v) is 3.21. The van der Waals surface area contributed by atoms with Crippen molar-refractivity contribution in [2.75, 3.05) is 13.1 Å². The van der Waals surface area contributed by atoms with Gasteiger partial charge >= 0.3 is 0 Å². The monoisotopic (exact) mass is 217 g/mol. The summed E-state index contributed by atoms with van der Waals surface area (Å²) in [6, 6.07) is 10.00. The highest BCUT2D eigenvalue weighted by Gasteiger charge is 2.20. The van der Waals surface area contributed by atoms with Gasteiger partial charge < -0.3 is 4.90 Å². The van der Waals surface area contributed by atoms with Crippen LogP contribution in [0.15, 0.2) is 30.3 Å². The first-order chi connectivity index (χ1) is 7.75. The van der Waals surface area contributed by atoms with Gasteiger partial charge in [-0.05, 0) is 24.3 Å². The fourth-order valence-electron chi connectivity index (χ4n) is 2.30. The average Bonchev–Trinajstić information content (AvgIpc) is 2.30. The summed E-state index contributed by atoms with van der Waals surface area (Å²) in [5.74, 6) is 0.936. The van der Waals surface area contributed by atoms with Crippen molar-refractivity contribution in [1.29, 1.82) is 0 Å². The Morgan fingerprint density at radius 3 is 2.81 bits per heavy atom. The van der Waals surface area contributed by atoms with Crippen molar-refractivity contribution >= 4 is 5.91 Å². The van der Waals surface area contributed by atoms with Crippen molar-refractivity contribution in [3.05, 3.63) is 35.9 Å². The van der Waals surface area contributed by atoms with E-state index in [0.29, 0.717) is 12.3 Å². The van der Waals surface area contributed by atoms with Gasteiger partial charge in [-0.25, -0.2) is 0 Å². The molecule has 0 N–H and O–H groups in total. The van der Waals surface area contributed by atoms with Gasteiger partial charge in [0.25, 0.3) is 0 Å². The highest BCUT2D eigenvalue weighted by molar-refractivity contribution is 5.78. The molecule has 0 spiro atoms. The number of likely N-dealkylation sites (tertiary alicyclic amines) is 1. The quantitative estimate of drug-likeness (QED) is 0.745. The van der Waals surface area contributed by atoms with Gasteiger partial charge in [0.1, 0.15) is 0 Å². The van der Waals surface area contributed by atoms with Crippen LogP contribution in [0.1, 0.15) is 25.3 Å². The molecule has 2 heteroatoms. The zero-order valence-electron chi connectivity index (χ0n) is 9.86. The van der Waals surface area contributed by atoms with E-state index in [1.165, 1.54) is 6.42 Å². The highest BCUT2D eigenvalue weighted by Crippen LogP contribution is 2.16. The third kappa shape index (κ3) is 2.84. The minimum Gasteiger partial charge on any atom is -0.342 e. The molecule has 1 atom stereocenters. The second-order valence-electron chi connectivity index (χ2n) is 4.75. The number of hydrogen-bond acceptors (Lipinski definition) is 1. The number of nitrogens with zero attached hydrogens (tertiary/aromatic N) is 1. The second kappa shape index (κ2) is 5.15. The number of piperidine rings is 1. The highest BCUT2D eigenvalue weighted by atomic mass is 16.2. The fourth-order valence-corrected chi connectivity index (χ4v) is 2.30. The van der Waals surface area contributed by atoms with Gasteiger partial charge in [0.05, 0.1) is 6.42 Å². The maximum atomic E-state index is 12.0. The largest absolute Gasteiger partial charge is 0.342 e. The van der Waals surface area contributed by atoms with E-state index in [1.807, 2.05) is 35.2 Å². The van der Waals surface area contributed by atoms with Gasteiger partial charge in [-0.3, -0.25) is 4.79 Å². The molecular formula is C14H19NO. The third-order valence-electron chi connectivity index (χ3n) is 3.21. The number of hydrogen-bond donors (Lipinski definition) is 0.